The summed E-state index contributed by atoms with van der Waals surface area (Å²) in [5.41, 5.74) is 4.24. The Labute approximate surface area is 265 Å². The van der Waals surface area contributed by atoms with Crippen molar-refractivity contribution in [3.8, 4) is 22.6 Å². The van der Waals surface area contributed by atoms with Gasteiger partial charge in [0.05, 0.1) is 0 Å². The van der Waals surface area contributed by atoms with Crippen LogP contribution in [0, 0.1) is 35.5 Å². The van der Waals surface area contributed by atoms with Crippen molar-refractivity contribution in [2.75, 3.05) is 0 Å². The van der Waals surface area contributed by atoms with Crippen molar-refractivity contribution < 1.29 is 18.5 Å². The van der Waals surface area contributed by atoms with E-state index in [1.807, 2.05) is 0 Å². The normalized spacial score (nSPS) is 40.2. The van der Waals surface area contributed by atoms with Gasteiger partial charge >= 0.3 is 7.82 Å². The summed E-state index contributed by atoms with van der Waals surface area (Å²) in [6, 6.07) is 22.0. The second-order valence-electron chi connectivity index (χ2n) is 16.7. The summed E-state index contributed by atoms with van der Waals surface area (Å²) < 4.78 is 27.3. The molecule has 0 unspecified atom stereocenters. The summed E-state index contributed by atoms with van der Waals surface area (Å²) in [6.07, 6.45) is 15.0. The second kappa shape index (κ2) is 8.75. The molecule has 1 aliphatic heterocycles. The molecule has 4 aromatic rings. The Kier molecular flexibility index (Phi) is 5.11. The minimum absolute atomic E-state index is 0.0132. The molecule has 0 saturated heterocycles. The Morgan fingerprint density at radius 1 is 0.556 bits per heavy atom. The topological polar surface area (TPSA) is 55.8 Å². The molecule has 9 aliphatic rings. The largest absolute Gasteiger partial charge is 0.584 e. The van der Waals surface area contributed by atoms with Gasteiger partial charge in [-0.15, -0.1) is 0 Å². The number of fused-ring (bicyclic) bond motifs is 7. The maximum atomic E-state index is 14.3. The van der Waals surface area contributed by atoms with Gasteiger partial charge in [-0.25, -0.2) is 4.57 Å². The van der Waals surface area contributed by atoms with Crippen molar-refractivity contribution in [1.82, 2.24) is 0 Å². The molecule has 8 saturated carbocycles. The van der Waals surface area contributed by atoms with Gasteiger partial charge in [-0.2, -0.15) is 0 Å². The van der Waals surface area contributed by atoms with Gasteiger partial charge in [0, 0.05) is 22.3 Å². The van der Waals surface area contributed by atoms with Crippen LogP contribution in [0.4, 0.5) is 0 Å². The summed E-state index contributed by atoms with van der Waals surface area (Å²) in [5, 5.41) is 4.55. The summed E-state index contributed by atoms with van der Waals surface area (Å²) in [4.78, 5) is 11.7. The van der Waals surface area contributed by atoms with Crippen molar-refractivity contribution in [2.45, 2.75) is 87.9 Å². The number of hydrogen-bond donors (Lipinski definition) is 1. The Morgan fingerprint density at radius 2 is 0.889 bits per heavy atom. The van der Waals surface area contributed by atoms with E-state index in [9.17, 15) is 9.46 Å². The zero-order valence-electron chi connectivity index (χ0n) is 25.8. The number of phosphoric acid groups is 1. The van der Waals surface area contributed by atoms with Crippen LogP contribution in [0.15, 0.2) is 60.7 Å². The molecule has 0 spiro atoms. The van der Waals surface area contributed by atoms with Crippen LogP contribution < -0.4 is 9.05 Å². The molecule has 4 nitrogen and oxygen atoms in total. The third-order valence-electron chi connectivity index (χ3n) is 13.9. The summed E-state index contributed by atoms with van der Waals surface area (Å²) in [6.45, 7) is 0. The minimum atomic E-state index is -4.49. The van der Waals surface area contributed by atoms with E-state index < -0.39 is 7.82 Å². The van der Waals surface area contributed by atoms with Gasteiger partial charge in [-0.3, -0.25) is 4.89 Å². The van der Waals surface area contributed by atoms with Crippen molar-refractivity contribution in [3.63, 3.8) is 0 Å². The number of benzene rings is 4. The number of phosphoric ester groups is 1. The Morgan fingerprint density at radius 3 is 1.24 bits per heavy atom. The Balaban J connectivity index is 1.25. The first kappa shape index (κ1) is 26.3. The first-order valence-corrected chi connectivity index (χ1v) is 19.2. The van der Waals surface area contributed by atoms with Gasteiger partial charge in [0.15, 0.2) is 0 Å². The van der Waals surface area contributed by atoms with Crippen molar-refractivity contribution in [1.29, 1.82) is 0 Å². The third-order valence-corrected chi connectivity index (χ3v) is 14.7. The van der Waals surface area contributed by atoms with E-state index in [4.69, 9.17) is 9.05 Å². The maximum absolute atomic E-state index is 14.3. The van der Waals surface area contributed by atoms with Crippen LogP contribution in [0.3, 0.4) is 0 Å². The highest BCUT2D eigenvalue weighted by Crippen LogP contribution is 2.68. The molecule has 8 aliphatic carbocycles. The van der Waals surface area contributed by atoms with Gasteiger partial charge in [0.2, 0.25) is 0 Å². The van der Waals surface area contributed by atoms with Crippen LogP contribution in [0.25, 0.3) is 32.7 Å². The molecule has 8 fully saturated rings. The second-order valence-corrected chi connectivity index (χ2v) is 18.0. The average molecular weight is 617 g/mol. The van der Waals surface area contributed by atoms with Gasteiger partial charge in [0.1, 0.15) is 11.5 Å². The highest BCUT2D eigenvalue weighted by atomic mass is 31.2. The fourth-order valence-electron chi connectivity index (χ4n) is 13.3. The molecule has 230 valence electrons. The SMILES string of the molecule is O=P1(O)Oc2c(C34CC5CC(CC(C5)C3)C4)cc3ccccc3c2-c2c(c(C34CC5CC(CC(C5)C3)C4)cc3ccccc23)O1. The molecule has 0 amide bonds. The van der Waals surface area contributed by atoms with E-state index in [1.165, 1.54) is 49.3 Å². The highest BCUT2D eigenvalue weighted by molar-refractivity contribution is 7.48. The van der Waals surface area contributed by atoms with E-state index in [-0.39, 0.29) is 10.8 Å². The van der Waals surface area contributed by atoms with E-state index in [2.05, 4.69) is 60.7 Å². The lowest BCUT2D eigenvalue weighted by atomic mass is 9.47. The molecule has 5 heteroatoms. The van der Waals surface area contributed by atoms with E-state index in [1.54, 1.807) is 0 Å². The van der Waals surface area contributed by atoms with Crippen LogP contribution in [0.2, 0.25) is 0 Å². The lowest BCUT2D eigenvalue weighted by Gasteiger charge is -2.57. The lowest BCUT2D eigenvalue weighted by molar-refractivity contribution is -0.00587. The molecular formula is C40H41O4P. The first-order chi connectivity index (χ1) is 21.8. The molecule has 8 bridgehead atoms. The molecule has 0 atom stereocenters. The fraction of sp³-hybridized carbons (Fsp3) is 0.500. The molecule has 1 N–H and O–H groups in total. The standard InChI is InChI=1S/C40H41O4P/c41-45(42)43-37-33(39-17-23-9-24(18-39)11-25(10-23)19-39)15-29-5-1-3-7-31(29)35(37)36-32-8-4-2-6-30(32)16-34(38(36)44-45)40-20-26-12-27(21-40)14-28(13-26)22-40/h1-8,15-16,23-28H,9-14,17-22H2,(H,41,42). The molecule has 0 radical (unpaired) electrons. The molecule has 0 aromatic heterocycles. The van der Waals surface area contributed by atoms with Crippen LogP contribution in [0.5, 0.6) is 11.5 Å². The van der Waals surface area contributed by atoms with Crippen LogP contribution >= 0.6 is 7.82 Å². The molecule has 13 rings (SSSR count). The monoisotopic (exact) mass is 616 g/mol. The first-order valence-electron chi connectivity index (χ1n) is 17.7. The van der Waals surface area contributed by atoms with Crippen molar-refractivity contribution >= 4 is 29.4 Å². The number of rotatable bonds is 2. The van der Waals surface area contributed by atoms with Crippen LogP contribution in [0.1, 0.15) is 88.2 Å². The smallest absolute Gasteiger partial charge is 0.394 e. The van der Waals surface area contributed by atoms with Crippen LogP contribution in [-0.4, -0.2) is 4.89 Å². The van der Waals surface area contributed by atoms with Gasteiger partial charge in [0.25, 0.3) is 0 Å². The van der Waals surface area contributed by atoms with E-state index in [0.717, 1.165) is 107 Å². The predicted octanol–water partition coefficient (Wildman–Crippen LogP) is 10.5. The molecular weight excluding hydrogens is 575 g/mol. The number of hydrogen-bond acceptors (Lipinski definition) is 3. The van der Waals surface area contributed by atoms with E-state index >= 15 is 0 Å². The Bertz CT molecular complexity index is 1780. The van der Waals surface area contributed by atoms with Crippen LogP contribution in [-0.2, 0) is 15.4 Å². The molecule has 1 heterocycles. The maximum Gasteiger partial charge on any atom is 0.584 e. The average Bonchev–Trinajstić information content (AvgIpc) is 3.12. The summed E-state index contributed by atoms with van der Waals surface area (Å²) in [5.74, 6) is 5.72. The Hall–Kier alpha value is -2.81. The van der Waals surface area contributed by atoms with Crippen molar-refractivity contribution in [2.24, 2.45) is 35.5 Å². The van der Waals surface area contributed by atoms with Gasteiger partial charge in [-0.05, 0) is 157 Å². The quantitative estimate of drug-likeness (QED) is 0.228. The highest BCUT2D eigenvalue weighted by Gasteiger charge is 2.56. The fourth-order valence-corrected chi connectivity index (χ4v) is 14.1. The minimum Gasteiger partial charge on any atom is -0.394 e. The summed E-state index contributed by atoms with van der Waals surface area (Å²) >= 11 is 0. The predicted molar refractivity (Wildman–Crippen MR) is 178 cm³/mol. The third kappa shape index (κ3) is 3.68. The van der Waals surface area contributed by atoms with Gasteiger partial charge in [-0.1, -0.05) is 48.5 Å². The molecule has 45 heavy (non-hydrogen) atoms. The zero-order chi connectivity index (χ0) is 29.7. The lowest BCUT2D eigenvalue weighted by Crippen LogP contribution is -2.48. The van der Waals surface area contributed by atoms with Crippen molar-refractivity contribution in [3.05, 3.63) is 71.8 Å². The van der Waals surface area contributed by atoms with Gasteiger partial charge < -0.3 is 9.05 Å². The summed E-state index contributed by atoms with van der Waals surface area (Å²) in [7, 11) is -4.49. The molecule has 4 aromatic carbocycles. The zero-order valence-corrected chi connectivity index (χ0v) is 26.7. The van der Waals surface area contributed by atoms with E-state index in [0.29, 0.717) is 11.5 Å².